The lowest BCUT2D eigenvalue weighted by Gasteiger charge is -2.25. The van der Waals surface area contributed by atoms with Crippen LogP contribution in [0.15, 0.2) is 29.2 Å². The molecule has 22 heavy (non-hydrogen) atoms. The third-order valence-corrected chi connectivity index (χ3v) is 5.05. The first kappa shape index (κ1) is 18.1. The van der Waals surface area contributed by atoms with Crippen LogP contribution in [0.25, 0.3) is 0 Å². The summed E-state index contributed by atoms with van der Waals surface area (Å²) >= 11 is 0. The fourth-order valence-corrected chi connectivity index (χ4v) is 3.48. The lowest BCUT2D eigenvalue weighted by molar-refractivity contribution is -0.387. The topological polar surface area (TPSA) is 118 Å². The summed E-state index contributed by atoms with van der Waals surface area (Å²) in [6, 6.07) is 3.58. The molecule has 0 spiro atoms. The number of hydrogen-bond donors (Lipinski definition) is 1. The van der Waals surface area contributed by atoms with E-state index in [4.69, 9.17) is 0 Å². The average Bonchev–Trinajstić information content (AvgIpc) is 2.43. The van der Waals surface area contributed by atoms with E-state index >= 15 is 0 Å². The summed E-state index contributed by atoms with van der Waals surface area (Å²) < 4.78 is 25.8. The minimum Gasteiger partial charge on any atom is -0.480 e. The molecular formula is C13H18N2O6S. The third-order valence-electron chi connectivity index (χ3n) is 3.14. The van der Waals surface area contributed by atoms with Gasteiger partial charge in [-0.05, 0) is 18.4 Å². The summed E-state index contributed by atoms with van der Waals surface area (Å²) in [5.41, 5.74) is -0.581. The Kier molecular flexibility index (Phi) is 5.61. The van der Waals surface area contributed by atoms with Crippen LogP contribution < -0.4 is 0 Å². The number of carboxylic acid groups (broad SMARTS) is 1. The first-order valence-electron chi connectivity index (χ1n) is 6.53. The maximum absolute atomic E-state index is 12.5. The molecule has 0 saturated carbocycles. The number of rotatable bonds is 7. The van der Waals surface area contributed by atoms with Gasteiger partial charge >= 0.3 is 5.97 Å². The molecular weight excluding hydrogens is 312 g/mol. The van der Waals surface area contributed by atoms with E-state index < -0.39 is 37.5 Å². The van der Waals surface area contributed by atoms with Crippen molar-refractivity contribution in [3.63, 3.8) is 0 Å². The van der Waals surface area contributed by atoms with Crippen LogP contribution in [0.1, 0.15) is 20.3 Å². The molecule has 0 radical (unpaired) electrons. The van der Waals surface area contributed by atoms with Crippen LogP contribution in [0.2, 0.25) is 0 Å². The molecule has 9 heteroatoms. The first-order valence-corrected chi connectivity index (χ1v) is 7.97. The number of hydrogen-bond acceptors (Lipinski definition) is 5. The number of carboxylic acids is 1. The molecule has 1 aromatic rings. The minimum absolute atomic E-state index is 0.0514. The standard InChI is InChI=1S/C13H18N2O6S/c1-9(2)8-11(13(16)17)14(3)22(20,21)12-7-5-4-6-10(12)15(18)19/h4-7,9,11H,8H2,1-3H3,(H,16,17)/t11-/m0/s1. The Labute approximate surface area is 128 Å². The van der Waals surface area contributed by atoms with E-state index in [0.29, 0.717) is 4.31 Å². The summed E-state index contributed by atoms with van der Waals surface area (Å²) in [6.07, 6.45) is 0.103. The van der Waals surface area contributed by atoms with Gasteiger partial charge in [0, 0.05) is 13.1 Å². The van der Waals surface area contributed by atoms with Crippen LogP contribution in [0.5, 0.6) is 0 Å². The van der Waals surface area contributed by atoms with Crippen LogP contribution in [-0.4, -0.2) is 41.8 Å². The summed E-state index contributed by atoms with van der Waals surface area (Å²) in [7, 11) is -3.18. The molecule has 8 nitrogen and oxygen atoms in total. The highest BCUT2D eigenvalue weighted by Crippen LogP contribution is 2.27. The van der Waals surface area contributed by atoms with E-state index in [9.17, 15) is 28.4 Å². The Morgan fingerprint density at radius 2 is 1.91 bits per heavy atom. The zero-order valence-electron chi connectivity index (χ0n) is 12.5. The third kappa shape index (κ3) is 3.80. The zero-order valence-corrected chi connectivity index (χ0v) is 13.3. The van der Waals surface area contributed by atoms with Crippen molar-refractivity contribution >= 4 is 21.7 Å². The van der Waals surface area contributed by atoms with Gasteiger partial charge in [0.2, 0.25) is 10.0 Å². The van der Waals surface area contributed by atoms with Crippen molar-refractivity contribution in [2.75, 3.05) is 7.05 Å². The van der Waals surface area contributed by atoms with Crippen molar-refractivity contribution < 1.29 is 23.2 Å². The van der Waals surface area contributed by atoms with Gasteiger partial charge in [-0.15, -0.1) is 0 Å². The fourth-order valence-electron chi connectivity index (χ4n) is 2.00. The van der Waals surface area contributed by atoms with Crippen molar-refractivity contribution in [3.05, 3.63) is 34.4 Å². The lowest BCUT2D eigenvalue weighted by Crippen LogP contribution is -2.43. The van der Waals surface area contributed by atoms with E-state index in [1.807, 2.05) is 0 Å². The van der Waals surface area contributed by atoms with E-state index in [1.165, 1.54) is 12.1 Å². The number of aliphatic carboxylic acids is 1. The van der Waals surface area contributed by atoms with Gasteiger partial charge in [-0.3, -0.25) is 14.9 Å². The van der Waals surface area contributed by atoms with E-state index in [-0.39, 0.29) is 12.3 Å². The van der Waals surface area contributed by atoms with Crippen molar-refractivity contribution in [2.45, 2.75) is 31.2 Å². The number of para-hydroxylation sites is 1. The number of nitro groups is 1. The molecule has 1 aromatic carbocycles. The number of sulfonamides is 1. The zero-order chi connectivity index (χ0) is 17.1. The smallest absolute Gasteiger partial charge is 0.322 e. The number of nitro benzene ring substituents is 1. The highest BCUT2D eigenvalue weighted by molar-refractivity contribution is 7.89. The van der Waals surface area contributed by atoms with Gasteiger partial charge in [-0.25, -0.2) is 8.42 Å². The van der Waals surface area contributed by atoms with E-state index in [2.05, 4.69) is 0 Å². The molecule has 0 aliphatic carbocycles. The van der Waals surface area contributed by atoms with E-state index in [0.717, 1.165) is 19.2 Å². The van der Waals surface area contributed by atoms with Crippen LogP contribution in [0, 0.1) is 16.0 Å². The van der Waals surface area contributed by atoms with Gasteiger partial charge in [-0.1, -0.05) is 26.0 Å². The molecule has 1 atom stereocenters. The SMILES string of the molecule is CC(C)C[C@@H](C(=O)O)N(C)S(=O)(=O)c1ccccc1[N+](=O)[O-]. The highest BCUT2D eigenvalue weighted by Gasteiger charge is 2.36. The summed E-state index contributed by atoms with van der Waals surface area (Å²) in [4.78, 5) is 21.0. The molecule has 0 heterocycles. The molecule has 0 aliphatic rings. The van der Waals surface area contributed by atoms with Crippen molar-refractivity contribution in [1.82, 2.24) is 4.31 Å². The second-order valence-corrected chi connectivity index (χ2v) is 7.20. The minimum atomic E-state index is -4.29. The van der Waals surface area contributed by atoms with Crippen molar-refractivity contribution in [3.8, 4) is 0 Å². The summed E-state index contributed by atoms with van der Waals surface area (Å²) in [6.45, 7) is 3.53. The normalized spacial score (nSPS) is 13.3. The number of carbonyl (C=O) groups is 1. The second kappa shape index (κ2) is 6.84. The van der Waals surface area contributed by atoms with Crippen LogP contribution in [-0.2, 0) is 14.8 Å². The van der Waals surface area contributed by atoms with Crippen molar-refractivity contribution in [2.24, 2.45) is 5.92 Å². The first-order chi connectivity index (χ1) is 10.1. The molecule has 1 rings (SSSR count). The van der Waals surface area contributed by atoms with Gasteiger partial charge < -0.3 is 5.11 Å². The van der Waals surface area contributed by atoms with Gasteiger partial charge in [0.1, 0.15) is 6.04 Å². The maximum atomic E-state index is 12.5. The van der Waals surface area contributed by atoms with Gasteiger partial charge in [-0.2, -0.15) is 4.31 Å². The average molecular weight is 330 g/mol. The van der Waals surface area contributed by atoms with Gasteiger partial charge in [0.25, 0.3) is 5.69 Å². The molecule has 0 aliphatic heterocycles. The number of benzene rings is 1. The predicted molar refractivity (Wildman–Crippen MR) is 78.9 cm³/mol. The predicted octanol–water partition coefficient (Wildman–Crippen LogP) is 1.71. The molecule has 0 aromatic heterocycles. The second-order valence-electron chi connectivity index (χ2n) is 5.23. The van der Waals surface area contributed by atoms with E-state index in [1.54, 1.807) is 13.8 Å². The Morgan fingerprint density at radius 3 is 2.36 bits per heavy atom. The fraction of sp³-hybridized carbons (Fsp3) is 0.462. The lowest BCUT2D eigenvalue weighted by atomic mass is 10.0. The molecule has 0 saturated heterocycles. The molecule has 122 valence electrons. The molecule has 0 amide bonds. The monoisotopic (exact) mass is 330 g/mol. The Balaban J connectivity index is 3.34. The Hall–Kier alpha value is -2.00. The van der Waals surface area contributed by atoms with Crippen LogP contribution >= 0.6 is 0 Å². The van der Waals surface area contributed by atoms with Crippen LogP contribution in [0.3, 0.4) is 0 Å². The highest BCUT2D eigenvalue weighted by atomic mass is 32.2. The Bertz CT molecular complexity index is 671. The summed E-state index contributed by atoms with van der Waals surface area (Å²) in [5, 5.41) is 20.2. The quantitative estimate of drug-likeness (QED) is 0.600. The Morgan fingerprint density at radius 1 is 1.36 bits per heavy atom. The van der Waals surface area contributed by atoms with Crippen LogP contribution in [0.4, 0.5) is 5.69 Å². The number of nitrogens with zero attached hydrogens (tertiary/aromatic N) is 2. The largest absolute Gasteiger partial charge is 0.480 e. The molecule has 0 unspecified atom stereocenters. The number of likely N-dealkylation sites (N-methyl/N-ethyl adjacent to an activating group) is 1. The molecule has 0 fully saturated rings. The molecule has 1 N–H and O–H groups in total. The summed E-state index contributed by atoms with van der Waals surface area (Å²) in [5.74, 6) is -1.34. The maximum Gasteiger partial charge on any atom is 0.322 e. The van der Waals surface area contributed by atoms with Gasteiger partial charge in [0.05, 0.1) is 4.92 Å². The van der Waals surface area contributed by atoms with Gasteiger partial charge in [0.15, 0.2) is 4.90 Å². The van der Waals surface area contributed by atoms with Crippen molar-refractivity contribution in [1.29, 1.82) is 0 Å². The molecule has 0 bridgehead atoms.